The summed E-state index contributed by atoms with van der Waals surface area (Å²) in [5, 5.41) is 0. The summed E-state index contributed by atoms with van der Waals surface area (Å²) in [6, 6.07) is 9.39. The van der Waals surface area contributed by atoms with Gasteiger partial charge in [-0.05, 0) is 37.6 Å². The predicted molar refractivity (Wildman–Crippen MR) is 84.2 cm³/mol. The molecule has 0 N–H and O–H groups in total. The second-order valence-electron chi connectivity index (χ2n) is 4.68. The van der Waals surface area contributed by atoms with Gasteiger partial charge in [-0.3, -0.25) is 4.90 Å². The van der Waals surface area contributed by atoms with Crippen molar-refractivity contribution in [1.29, 1.82) is 0 Å². The van der Waals surface area contributed by atoms with Gasteiger partial charge in [-0.2, -0.15) is 0 Å². The van der Waals surface area contributed by atoms with Gasteiger partial charge in [0, 0.05) is 53.0 Å². The van der Waals surface area contributed by atoms with Crippen LogP contribution in [0.4, 0.5) is 0 Å². The smallest absolute Gasteiger partial charge is 0.0233 e. The lowest BCUT2D eigenvalue weighted by atomic mass is 10.0. The lowest BCUT2D eigenvalue weighted by molar-refractivity contribution is 0.172. The summed E-state index contributed by atoms with van der Waals surface area (Å²) < 4.78 is 3.55. The van der Waals surface area contributed by atoms with Gasteiger partial charge < -0.3 is 0 Å². The molecule has 0 atom stereocenters. The number of piperidine rings is 1. The van der Waals surface area contributed by atoms with Crippen LogP contribution >= 0.6 is 38.8 Å². The van der Waals surface area contributed by atoms with E-state index in [2.05, 4.69) is 78.1 Å². The number of benzene rings is 1. The van der Waals surface area contributed by atoms with Crippen molar-refractivity contribution in [2.75, 3.05) is 20.1 Å². The molecule has 0 radical (unpaired) electrons. The molecule has 0 aliphatic carbocycles. The summed E-state index contributed by atoms with van der Waals surface area (Å²) in [4.78, 5) is 2.49. The average molecular weight is 409 g/mol. The molecule has 2 rings (SSSR count). The number of nitrogens with zero attached hydrogens (tertiary/aromatic N) is 2. The van der Waals surface area contributed by atoms with Crippen LogP contribution in [0.25, 0.3) is 0 Å². The van der Waals surface area contributed by atoms with Gasteiger partial charge in [0.15, 0.2) is 0 Å². The summed E-state index contributed by atoms with van der Waals surface area (Å²) >= 11 is 5.90. The summed E-state index contributed by atoms with van der Waals surface area (Å²) in [7, 11) is 2.25. The highest BCUT2D eigenvalue weighted by molar-refractivity contribution is 14.1. The SMILES string of the molecule is CN(Cc1ccc(Br)cc1)C1CCN(I)CC1. The van der Waals surface area contributed by atoms with Gasteiger partial charge in [-0.1, -0.05) is 28.1 Å². The van der Waals surface area contributed by atoms with Crippen molar-refractivity contribution in [3.63, 3.8) is 0 Å². The molecule has 0 unspecified atom stereocenters. The van der Waals surface area contributed by atoms with E-state index < -0.39 is 0 Å². The van der Waals surface area contributed by atoms with Crippen LogP contribution in [0.15, 0.2) is 28.7 Å². The summed E-state index contributed by atoms with van der Waals surface area (Å²) in [6.45, 7) is 3.49. The Morgan fingerprint density at radius 3 is 2.47 bits per heavy atom. The van der Waals surface area contributed by atoms with Crippen LogP contribution in [-0.4, -0.2) is 34.2 Å². The van der Waals surface area contributed by atoms with Gasteiger partial charge in [0.25, 0.3) is 0 Å². The molecule has 0 amide bonds. The van der Waals surface area contributed by atoms with E-state index in [0.29, 0.717) is 0 Å². The van der Waals surface area contributed by atoms with Gasteiger partial charge in [0.05, 0.1) is 0 Å². The molecule has 1 heterocycles. The Hall–Kier alpha value is 0.350. The van der Waals surface area contributed by atoms with Crippen molar-refractivity contribution in [2.24, 2.45) is 0 Å². The minimum absolute atomic E-state index is 0.740. The first-order chi connectivity index (χ1) is 8.15. The monoisotopic (exact) mass is 408 g/mol. The quantitative estimate of drug-likeness (QED) is 0.555. The molecule has 17 heavy (non-hydrogen) atoms. The number of halogens is 2. The summed E-state index contributed by atoms with van der Waals surface area (Å²) in [5.41, 5.74) is 1.40. The summed E-state index contributed by atoms with van der Waals surface area (Å²) in [6.07, 6.45) is 2.58. The van der Waals surface area contributed by atoms with Crippen molar-refractivity contribution in [3.8, 4) is 0 Å². The van der Waals surface area contributed by atoms with Gasteiger partial charge in [-0.25, -0.2) is 3.11 Å². The highest BCUT2D eigenvalue weighted by atomic mass is 127. The zero-order valence-corrected chi connectivity index (χ0v) is 13.8. The van der Waals surface area contributed by atoms with E-state index in [1.54, 1.807) is 0 Å². The first kappa shape index (κ1) is 13.8. The fourth-order valence-corrected chi connectivity index (χ4v) is 3.10. The Kier molecular flexibility index (Phi) is 5.26. The van der Waals surface area contributed by atoms with E-state index in [4.69, 9.17) is 0 Å². The second kappa shape index (κ2) is 6.50. The fraction of sp³-hybridized carbons (Fsp3) is 0.538. The molecule has 4 heteroatoms. The molecule has 1 aromatic carbocycles. The molecule has 1 aliphatic rings. The Morgan fingerprint density at radius 2 is 1.88 bits per heavy atom. The van der Waals surface area contributed by atoms with Crippen molar-refractivity contribution < 1.29 is 0 Å². The molecule has 0 aromatic heterocycles. The Bertz CT molecular complexity index is 347. The van der Waals surface area contributed by atoms with E-state index in [1.807, 2.05) is 0 Å². The lowest BCUT2D eigenvalue weighted by Gasteiger charge is -2.34. The van der Waals surface area contributed by atoms with Crippen LogP contribution in [-0.2, 0) is 6.54 Å². The Balaban J connectivity index is 1.88. The van der Waals surface area contributed by atoms with E-state index in [1.165, 1.54) is 31.5 Å². The van der Waals surface area contributed by atoms with Crippen LogP contribution < -0.4 is 0 Å². The molecule has 1 aliphatic heterocycles. The highest BCUT2D eigenvalue weighted by Gasteiger charge is 2.20. The number of hydrogen-bond acceptors (Lipinski definition) is 2. The average Bonchev–Trinajstić information content (AvgIpc) is 2.33. The molecule has 1 saturated heterocycles. The normalized spacial score (nSPS) is 18.8. The standard InChI is InChI=1S/C13H18BrIN2/c1-16(13-6-8-17(15)9-7-13)10-11-2-4-12(14)5-3-11/h2-5,13H,6-10H2,1H3. The maximum absolute atomic E-state index is 3.47. The fourth-order valence-electron chi connectivity index (χ4n) is 2.28. The number of rotatable bonds is 3. The minimum Gasteiger partial charge on any atom is -0.299 e. The molecule has 1 fully saturated rings. The Morgan fingerprint density at radius 1 is 1.29 bits per heavy atom. The van der Waals surface area contributed by atoms with Gasteiger partial charge >= 0.3 is 0 Å². The van der Waals surface area contributed by atoms with E-state index in [9.17, 15) is 0 Å². The highest BCUT2D eigenvalue weighted by Crippen LogP contribution is 2.20. The van der Waals surface area contributed by atoms with Gasteiger partial charge in [0.2, 0.25) is 0 Å². The third kappa shape index (κ3) is 4.19. The molecule has 1 aromatic rings. The third-order valence-corrected chi connectivity index (χ3v) is 4.87. The third-order valence-electron chi connectivity index (χ3n) is 3.38. The maximum atomic E-state index is 3.47. The molecular formula is C13H18BrIN2. The van der Waals surface area contributed by atoms with Gasteiger partial charge in [-0.15, -0.1) is 0 Å². The maximum Gasteiger partial charge on any atom is 0.0233 e. The van der Waals surface area contributed by atoms with Crippen molar-refractivity contribution >= 4 is 38.8 Å². The lowest BCUT2D eigenvalue weighted by Crippen LogP contribution is -2.39. The number of hydrogen-bond donors (Lipinski definition) is 0. The van der Waals surface area contributed by atoms with Crippen molar-refractivity contribution in [3.05, 3.63) is 34.3 Å². The van der Waals surface area contributed by atoms with Crippen LogP contribution in [0.1, 0.15) is 18.4 Å². The summed E-state index contributed by atoms with van der Waals surface area (Å²) in [5.74, 6) is 0. The molecule has 0 bridgehead atoms. The van der Waals surface area contributed by atoms with Crippen LogP contribution in [0, 0.1) is 0 Å². The van der Waals surface area contributed by atoms with Gasteiger partial charge in [0.1, 0.15) is 0 Å². The predicted octanol–water partition coefficient (Wildman–Crippen LogP) is 3.70. The molecule has 0 spiro atoms. The zero-order chi connectivity index (χ0) is 12.3. The molecular weight excluding hydrogens is 391 g/mol. The van der Waals surface area contributed by atoms with Crippen LogP contribution in [0.5, 0.6) is 0 Å². The van der Waals surface area contributed by atoms with E-state index in [0.717, 1.165) is 17.1 Å². The zero-order valence-electron chi connectivity index (χ0n) is 10.1. The van der Waals surface area contributed by atoms with Crippen molar-refractivity contribution in [1.82, 2.24) is 8.01 Å². The van der Waals surface area contributed by atoms with Crippen LogP contribution in [0.3, 0.4) is 0 Å². The van der Waals surface area contributed by atoms with Crippen molar-refractivity contribution in [2.45, 2.75) is 25.4 Å². The second-order valence-corrected chi connectivity index (χ2v) is 6.96. The topological polar surface area (TPSA) is 6.48 Å². The van der Waals surface area contributed by atoms with E-state index in [-0.39, 0.29) is 0 Å². The molecule has 94 valence electrons. The van der Waals surface area contributed by atoms with E-state index >= 15 is 0 Å². The molecule has 0 saturated carbocycles. The first-order valence-electron chi connectivity index (χ1n) is 6.00. The Labute approximate surface area is 126 Å². The largest absolute Gasteiger partial charge is 0.299 e. The minimum atomic E-state index is 0.740. The molecule has 2 nitrogen and oxygen atoms in total. The first-order valence-corrected chi connectivity index (χ1v) is 7.76. The van der Waals surface area contributed by atoms with Crippen LogP contribution in [0.2, 0.25) is 0 Å².